The molecule has 3 aliphatic carbocycles. The van der Waals surface area contributed by atoms with Gasteiger partial charge in [-0.05, 0) is 43.2 Å². The van der Waals surface area contributed by atoms with Gasteiger partial charge in [-0.25, -0.2) is 0 Å². The molecule has 2 bridgehead atoms. The van der Waals surface area contributed by atoms with Gasteiger partial charge in [-0.3, -0.25) is 9.59 Å². The van der Waals surface area contributed by atoms with E-state index in [0.717, 1.165) is 25.7 Å². The quantitative estimate of drug-likeness (QED) is 0.779. The highest BCUT2D eigenvalue weighted by atomic mass is 16.5. The van der Waals surface area contributed by atoms with E-state index in [0.29, 0.717) is 30.9 Å². The van der Waals surface area contributed by atoms with Crippen LogP contribution in [0.4, 0.5) is 0 Å². The molecule has 6 nitrogen and oxygen atoms in total. The Labute approximate surface area is 160 Å². The van der Waals surface area contributed by atoms with E-state index in [1.54, 1.807) is 13.2 Å². The van der Waals surface area contributed by atoms with E-state index in [-0.39, 0.29) is 29.1 Å². The molecule has 4 atom stereocenters. The molecule has 0 aromatic heterocycles. The van der Waals surface area contributed by atoms with Crippen LogP contribution in [0.2, 0.25) is 0 Å². The lowest BCUT2D eigenvalue weighted by atomic mass is 9.52. The van der Waals surface area contributed by atoms with Crippen LogP contribution < -0.4 is 15.4 Å². The topological polar surface area (TPSA) is 76.7 Å². The molecule has 1 aromatic rings. The van der Waals surface area contributed by atoms with Gasteiger partial charge < -0.3 is 20.1 Å². The van der Waals surface area contributed by atoms with Gasteiger partial charge in [-0.1, -0.05) is 19.1 Å². The second-order valence-electron chi connectivity index (χ2n) is 8.43. The minimum absolute atomic E-state index is 0.0397. The molecule has 27 heavy (non-hydrogen) atoms. The minimum Gasteiger partial charge on any atom is -0.467 e. The molecule has 0 saturated heterocycles. The van der Waals surface area contributed by atoms with E-state index in [1.807, 2.05) is 18.2 Å². The smallest absolute Gasteiger partial charge is 0.258 e. The lowest BCUT2D eigenvalue weighted by molar-refractivity contribution is -0.167. The zero-order chi connectivity index (χ0) is 19.1. The predicted octanol–water partition coefficient (Wildman–Crippen LogP) is 2.48. The number of hydrogen-bond acceptors (Lipinski definition) is 4. The lowest BCUT2D eigenvalue weighted by Crippen LogP contribution is -2.69. The fourth-order valence-corrected chi connectivity index (χ4v) is 5.21. The van der Waals surface area contributed by atoms with Crippen molar-refractivity contribution in [1.82, 2.24) is 10.6 Å². The largest absolute Gasteiger partial charge is 0.467 e. The predicted molar refractivity (Wildman–Crippen MR) is 100 cm³/mol. The average Bonchev–Trinajstić information content (AvgIpc) is 2.64. The van der Waals surface area contributed by atoms with Crippen molar-refractivity contribution in [2.45, 2.75) is 44.8 Å². The molecule has 4 aliphatic rings. The summed E-state index contributed by atoms with van der Waals surface area (Å²) in [7, 11) is 1.67. The highest BCUT2D eigenvalue weighted by Gasteiger charge is 2.61. The maximum atomic E-state index is 12.8. The van der Waals surface area contributed by atoms with Crippen molar-refractivity contribution in [3.8, 4) is 5.75 Å². The van der Waals surface area contributed by atoms with Gasteiger partial charge in [0.15, 0.2) is 5.72 Å². The number of amides is 2. The van der Waals surface area contributed by atoms with Crippen molar-refractivity contribution >= 4 is 11.8 Å². The number of rotatable bonds is 5. The van der Waals surface area contributed by atoms with Crippen LogP contribution >= 0.6 is 0 Å². The van der Waals surface area contributed by atoms with E-state index in [4.69, 9.17) is 9.47 Å². The van der Waals surface area contributed by atoms with Gasteiger partial charge in [0.25, 0.3) is 5.91 Å². The SMILES string of the molecule is COCCCNC(=O)[C@H]1C[C@@H]2CC[C@]1(C)C[C@@]21NC(=O)c2ccccc2O1. The van der Waals surface area contributed by atoms with Gasteiger partial charge in [0.2, 0.25) is 5.91 Å². The van der Waals surface area contributed by atoms with Crippen molar-refractivity contribution in [2.75, 3.05) is 20.3 Å². The number of para-hydroxylation sites is 1. The molecule has 2 amide bonds. The average molecular weight is 372 g/mol. The van der Waals surface area contributed by atoms with Crippen LogP contribution in [-0.4, -0.2) is 37.8 Å². The summed E-state index contributed by atoms with van der Waals surface area (Å²) in [6.07, 6.45) is 4.17. The van der Waals surface area contributed by atoms with Gasteiger partial charge in [0.05, 0.1) is 5.56 Å². The van der Waals surface area contributed by atoms with Gasteiger partial charge >= 0.3 is 0 Å². The first kappa shape index (κ1) is 18.3. The van der Waals surface area contributed by atoms with Crippen LogP contribution in [0.25, 0.3) is 0 Å². The third-order valence-electron chi connectivity index (χ3n) is 6.64. The maximum Gasteiger partial charge on any atom is 0.258 e. The molecular formula is C21H28N2O4. The van der Waals surface area contributed by atoms with Crippen LogP contribution in [0.3, 0.4) is 0 Å². The normalized spacial score (nSPS) is 33.9. The van der Waals surface area contributed by atoms with Crippen molar-refractivity contribution in [3.63, 3.8) is 0 Å². The summed E-state index contributed by atoms with van der Waals surface area (Å²) < 4.78 is 11.4. The van der Waals surface area contributed by atoms with Crippen LogP contribution in [0, 0.1) is 17.3 Å². The Balaban J connectivity index is 1.51. The van der Waals surface area contributed by atoms with Crippen LogP contribution in [0.15, 0.2) is 24.3 Å². The summed E-state index contributed by atoms with van der Waals surface area (Å²) in [5, 5.41) is 6.22. The summed E-state index contributed by atoms with van der Waals surface area (Å²) in [6, 6.07) is 7.39. The summed E-state index contributed by atoms with van der Waals surface area (Å²) in [5.41, 5.74) is -0.285. The van der Waals surface area contributed by atoms with Crippen molar-refractivity contribution in [2.24, 2.45) is 17.3 Å². The van der Waals surface area contributed by atoms with E-state index in [2.05, 4.69) is 17.6 Å². The first-order valence-corrected chi connectivity index (χ1v) is 9.85. The molecule has 0 radical (unpaired) electrons. The van der Waals surface area contributed by atoms with Crippen LogP contribution in [0.1, 0.15) is 49.4 Å². The number of carbonyl (C=O) groups excluding carboxylic acids is 2. The number of nitrogens with one attached hydrogen (secondary N) is 2. The number of carbonyl (C=O) groups is 2. The minimum atomic E-state index is -0.689. The Kier molecular flexibility index (Phi) is 4.62. The van der Waals surface area contributed by atoms with Gasteiger partial charge in [-0.15, -0.1) is 0 Å². The molecule has 146 valence electrons. The number of fused-ring (bicyclic) bond motifs is 3. The van der Waals surface area contributed by atoms with E-state index in [9.17, 15) is 9.59 Å². The fourth-order valence-electron chi connectivity index (χ4n) is 5.21. The van der Waals surface area contributed by atoms with Gasteiger partial charge in [-0.2, -0.15) is 0 Å². The standard InChI is InChI=1S/C21H28N2O4/c1-20-9-8-14(12-16(20)19(25)22-10-5-11-26-2)21(13-20)23-18(24)15-6-3-4-7-17(15)27-21/h3-4,6-7,14,16H,5,8-13H2,1-2H3,(H,22,25)(H,23,24)/t14-,16+,20+,21-/m0/s1. The molecule has 2 N–H and O–H groups in total. The summed E-state index contributed by atoms with van der Waals surface area (Å²) in [6.45, 7) is 3.45. The molecule has 3 saturated carbocycles. The number of hydrogen-bond donors (Lipinski definition) is 2. The number of benzene rings is 1. The molecule has 1 spiro atoms. The van der Waals surface area contributed by atoms with Crippen LogP contribution in [-0.2, 0) is 9.53 Å². The zero-order valence-corrected chi connectivity index (χ0v) is 16.0. The third-order valence-corrected chi connectivity index (χ3v) is 6.64. The zero-order valence-electron chi connectivity index (χ0n) is 16.0. The van der Waals surface area contributed by atoms with Crippen molar-refractivity contribution in [3.05, 3.63) is 29.8 Å². The first-order chi connectivity index (χ1) is 13.0. The molecule has 1 heterocycles. The van der Waals surface area contributed by atoms with E-state index >= 15 is 0 Å². The first-order valence-electron chi connectivity index (χ1n) is 9.85. The maximum absolute atomic E-state index is 12.8. The molecule has 1 aromatic carbocycles. The molecule has 3 fully saturated rings. The summed E-state index contributed by atoms with van der Waals surface area (Å²) in [5.74, 6) is 0.802. The van der Waals surface area contributed by atoms with Crippen LogP contribution in [0.5, 0.6) is 5.75 Å². The van der Waals surface area contributed by atoms with Gasteiger partial charge in [0, 0.05) is 38.5 Å². The second kappa shape index (κ2) is 6.82. The Morgan fingerprint density at radius 1 is 1.41 bits per heavy atom. The Morgan fingerprint density at radius 3 is 3.00 bits per heavy atom. The lowest BCUT2D eigenvalue weighted by Gasteiger charge is -2.59. The highest BCUT2D eigenvalue weighted by Crippen LogP contribution is 2.58. The monoisotopic (exact) mass is 372 g/mol. The third kappa shape index (κ3) is 3.10. The molecule has 6 heteroatoms. The molecular weight excluding hydrogens is 344 g/mol. The molecule has 5 rings (SSSR count). The fraction of sp³-hybridized carbons (Fsp3) is 0.619. The number of methoxy groups -OCH3 is 1. The summed E-state index contributed by atoms with van der Waals surface area (Å²) >= 11 is 0. The Bertz CT molecular complexity index is 751. The Hall–Kier alpha value is -2.08. The summed E-state index contributed by atoms with van der Waals surface area (Å²) in [4.78, 5) is 25.5. The van der Waals surface area contributed by atoms with Gasteiger partial charge in [0.1, 0.15) is 5.75 Å². The highest BCUT2D eigenvalue weighted by molar-refractivity contribution is 5.98. The van der Waals surface area contributed by atoms with Crippen molar-refractivity contribution in [1.29, 1.82) is 0 Å². The molecule has 1 aliphatic heterocycles. The second-order valence-corrected chi connectivity index (χ2v) is 8.43. The van der Waals surface area contributed by atoms with E-state index < -0.39 is 5.72 Å². The molecule has 0 unspecified atom stereocenters. The van der Waals surface area contributed by atoms with Crippen molar-refractivity contribution < 1.29 is 19.1 Å². The Morgan fingerprint density at radius 2 is 2.22 bits per heavy atom. The van der Waals surface area contributed by atoms with E-state index in [1.165, 1.54) is 0 Å². The number of ether oxygens (including phenoxy) is 2.